The van der Waals surface area contributed by atoms with Gasteiger partial charge in [0.2, 0.25) is 5.91 Å². The van der Waals surface area contributed by atoms with Gasteiger partial charge in [0.1, 0.15) is 11.5 Å². The minimum atomic E-state index is 0.102. The van der Waals surface area contributed by atoms with Crippen molar-refractivity contribution in [3.63, 3.8) is 0 Å². The first-order valence-corrected chi connectivity index (χ1v) is 8.29. The van der Waals surface area contributed by atoms with Gasteiger partial charge in [0.15, 0.2) is 5.96 Å². The molecule has 0 radical (unpaired) electrons. The molecule has 0 aliphatic carbocycles. The third kappa shape index (κ3) is 5.33. The lowest BCUT2D eigenvalue weighted by molar-refractivity contribution is -0.122. The zero-order chi connectivity index (χ0) is 17.4. The van der Waals surface area contributed by atoms with E-state index in [0.717, 1.165) is 24.5 Å². The number of methoxy groups -OCH3 is 1. The summed E-state index contributed by atoms with van der Waals surface area (Å²) in [5, 5.41) is 19.4. The number of phenols is 1. The first-order valence-electron chi connectivity index (χ1n) is 8.29. The number of nitrogens with zero attached hydrogens (tertiary/aromatic N) is 1. The second-order valence-electron chi connectivity index (χ2n) is 5.69. The van der Waals surface area contributed by atoms with Crippen LogP contribution in [0.1, 0.15) is 25.3 Å². The van der Waals surface area contributed by atoms with Gasteiger partial charge in [0, 0.05) is 38.2 Å². The number of ether oxygens (including phenoxy) is 1. The average molecular weight is 334 g/mol. The summed E-state index contributed by atoms with van der Waals surface area (Å²) in [7, 11) is 1.57. The molecule has 1 aromatic carbocycles. The zero-order valence-corrected chi connectivity index (χ0v) is 14.3. The van der Waals surface area contributed by atoms with Crippen LogP contribution in [0.4, 0.5) is 0 Å². The van der Waals surface area contributed by atoms with E-state index >= 15 is 0 Å². The van der Waals surface area contributed by atoms with Gasteiger partial charge in [-0.25, -0.2) is 0 Å². The van der Waals surface area contributed by atoms with Crippen LogP contribution in [0.2, 0.25) is 0 Å². The highest BCUT2D eigenvalue weighted by molar-refractivity contribution is 5.81. The predicted octanol–water partition coefficient (Wildman–Crippen LogP) is 0.777. The molecule has 1 amide bonds. The molecule has 1 fully saturated rings. The van der Waals surface area contributed by atoms with Crippen LogP contribution in [0.3, 0.4) is 0 Å². The van der Waals surface area contributed by atoms with Crippen LogP contribution in [0.15, 0.2) is 23.2 Å². The molecule has 1 aliphatic heterocycles. The van der Waals surface area contributed by atoms with Gasteiger partial charge in [-0.05, 0) is 31.4 Å². The number of rotatable bonds is 6. The molecule has 7 nitrogen and oxygen atoms in total. The molecule has 1 aromatic rings. The number of aromatic hydroxyl groups is 1. The van der Waals surface area contributed by atoms with Gasteiger partial charge < -0.3 is 25.8 Å². The maximum atomic E-state index is 11.2. The molecule has 0 spiro atoms. The lowest BCUT2D eigenvalue weighted by atomic mass is 10.1. The van der Waals surface area contributed by atoms with Crippen LogP contribution in [-0.2, 0) is 11.2 Å². The Labute approximate surface area is 142 Å². The normalized spacial score (nSPS) is 18.0. The van der Waals surface area contributed by atoms with Crippen molar-refractivity contribution in [1.29, 1.82) is 0 Å². The van der Waals surface area contributed by atoms with Gasteiger partial charge in [0.05, 0.1) is 7.11 Å². The van der Waals surface area contributed by atoms with E-state index in [-0.39, 0.29) is 17.7 Å². The molecule has 24 heavy (non-hydrogen) atoms. The summed E-state index contributed by atoms with van der Waals surface area (Å²) in [6.45, 7) is 3.94. The fraction of sp³-hybridized carbons (Fsp3) is 0.529. The minimum absolute atomic E-state index is 0.102. The second kappa shape index (κ2) is 9.00. The highest BCUT2D eigenvalue weighted by Crippen LogP contribution is 2.23. The van der Waals surface area contributed by atoms with E-state index < -0.39 is 0 Å². The number of carbonyl (C=O) groups is 1. The fourth-order valence-corrected chi connectivity index (χ4v) is 2.54. The predicted molar refractivity (Wildman–Crippen MR) is 93.5 cm³/mol. The molecule has 1 unspecified atom stereocenters. The Morgan fingerprint density at radius 3 is 2.96 bits per heavy atom. The van der Waals surface area contributed by atoms with Crippen molar-refractivity contribution in [3.8, 4) is 11.5 Å². The Bertz CT molecular complexity index is 579. The van der Waals surface area contributed by atoms with Crippen LogP contribution < -0.4 is 20.7 Å². The van der Waals surface area contributed by atoms with Gasteiger partial charge in [0.25, 0.3) is 0 Å². The number of hydrogen-bond donors (Lipinski definition) is 4. The third-order valence-electron chi connectivity index (χ3n) is 3.89. The van der Waals surface area contributed by atoms with Crippen LogP contribution in [0, 0.1) is 0 Å². The standard InChI is InChI=1S/C17H26N4O3/c1-3-18-17(21-13-5-7-16(23)20-11-13)19-9-8-12-4-6-14(24-2)10-15(12)22/h4,6,10,13,22H,3,5,7-9,11H2,1-2H3,(H,20,23)(H2,18,19,21). The van der Waals surface area contributed by atoms with Crippen molar-refractivity contribution in [2.24, 2.45) is 4.99 Å². The van der Waals surface area contributed by atoms with E-state index in [4.69, 9.17) is 4.74 Å². The number of amides is 1. The Morgan fingerprint density at radius 1 is 1.50 bits per heavy atom. The molecule has 1 atom stereocenters. The van der Waals surface area contributed by atoms with Gasteiger partial charge in [-0.1, -0.05) is 6.07 Å². The quantitative estimate of drug-likeness (QED) is 0.455. The highest BCUT2D eigenvalue weighted by atomic mass is 16.5. The molecular weight excluding hydrogens is 308 g/mol. The summed E-state index contributed by atoms with van der Waals surface area (Å²) < 4.78 is 5.08. The number of guanidine groups is 1. The van der Waals surface area contributed by atoms with Crippen molar-refractivity contribution >= 4 is 11.9 Å². The first-order chi connectivity index (χ1) is 11.6. The third-order valence-corrected chi connectivity index (χ3v) is 3.89. The second-order valence-corrected chi connectivity index (χ2v) is 5.69. The van der Waals surface area contributed by atoms with Crippen LogP contribution in [0.5, 0.6) is 11.5 Å². The van der Waals surface area contributed by atoms with E-state index in [9.17, 15) is 9.90 Å². The molecule has 0 saturated carbocycles. The Morgan fingerprint density at radius 2 is 2.33 bits per heavy atom. The number of aliphatic imine (C=N–C) groups is 1. The first kappa shape index (κ1) is 17.9. The van der Waals surface area contributed by atoms with E-state index in [1.165, 1.54) is 0 Å². The maximum absolute atomic E-state index is 11.2. The van der Waals surface area contributed by atoms with Crippen molar-refractivity contribution in [1.82, 2.24) is 16.0 Å². The molecule has 4 N–H and O–H groups in total. The monoisotopic (exact) mass is 334 g/mol. The van der Waals surface area contributed by atoms with Gasteiger partial charge in [-0.15, -0.1) is 0 Å². The number of hydrogen-bond acceptors (Lipinski definition) is 4. The summed E-state index contributed by atoms with van der Waals surface area (Å²) in [4.78, 5) is 15.8. The van der Waals surface area contributed by atoms with Crippen LogP contribution >= 0.6 is 0 Å². The van der Waals surface area contributed by atoms with Crippen molar-refractivity contribution in [2.45, 2.75) is 32.2 Å². The van der Waals surface area contributed by atoms with E-state index in [1.54, 1.807) is 13.2 Å². The Hall–Kier alpha value is -2.44. The van der Waals surface area contributed by atoms with Gasteiger partial charge in [-0.3, -0.25) is 9.79 Å². The topological polar surface area (TPSA) is 95.0 Å². The van der Waals surface area contributed by atoms with Crippen LogP contribution in [-0.4, -0.2) is 49.8 Å². The summed E-state index contributed by atoms with van der Waals surface area (Å²) in [5.74, 6) is 1.68. The Balaban J connectivity index is 1.89. The Kier molecular flexibility index (Phi) is 6.72. The largest absolute Gasteiger partial charge is 0.508 e. The van der Waals surface area contributed by atoms with Crippen LogP contribution in [0.25, 0.3) is 0 Å². The summed E-state index contributed by atoms with van der Waals surface area (Å²) in [6, 6.07) is 5.47. The summed E-state index contributed by atoms with van der Waals surface area (Å²) >= 11 is 0. The summed E-state index contributed by atoms with van der Waals surface area (Å²) in [6.07, 6.45) is 1.97. The van der Waals surface area contributed by atoms with Crippen molar-refractivity contribution in [2.75, 3.05) is 26.7 Å². The number of benzene rings is 1. The zero-order valence-electron chi connectivity index (χ0n) is 14.3. The minimum Gasteiger partial charge on any atom is -0.508 e. The number of carbonyl (C=O) groups excluding carboxylic acids is 1. The fourth-order valence-electron chi connectivity index (χ4n) is 2.54. The molecule has 7 heteroatoms. The number of phenolic OH excluding ortho intramolecular Hbond substituents is 1. The number of piperidine rings is 1. The molecule has 0 bridgehead atoms. The smallest absolute Gasteiger partial charge is 0.220 e. The average Bonchev–Trinajstić information content (AvgIpc) is 2.58. The van der Waals surface area contributed by atoms with Gasteiger partial charge in [-0.2, -0.15) is 0 Å². The van der Waals surface area contributed by atoms with Crippen molar-refractivity contribution in [3.05, 3.63) is 23.8 Å². The molecule has 2 rings (SSSR count). The lowest BCUT2D eigenvalue weighted by Crippen LogP contribution is -2.51. The van der Waals surface area contributed by atoms with E-state index in [2.05, 4.69) is 20.9 Å². The maximum Gasteiger partial charge on any atom is 0.220 e. The van der Waals surface area contributed by atoms with Gasteiger partial charge >= 0.3 is 0 Å². The highest BCUT2D eigenvalue weighted by Gasteiger charge is 2.18. The number of nitrogens with one attached hydrogen (secondary N) is 3. The van der Waals surface area contributed by atoms with E-state index in [0.29, 0.717) is 31.7 Å². The molecule has 1 heterocycles. The molecule has 0 aromatic heterocycles. The molecule has 132 valence electrons. The van der Waals surface area contributed by atoms with E-state index in [1.807, 2.05) is 19.1 Å². The van der Waals surface area contributed by atoms with Crippen molar-refractivity contribution < 1.29 is 14.6 Å². The lowest BCUT2D eigenvalue weighted by Gasteiger charge is -2.25. The molecular formula is C17H26N4O3. The molecule has 1 saturated heterocycles. The molecule has 1 aliphatic rings. The summed E-state index contributed by atoms with van der Waals surface area (Å²) in [5.41, 5.74) is 0.834. The SMILES string of the molecule is CCNC(=NCCc1ccc(OC)cc1O)NC1CCC(=O)NC1.